The van der Waals surface area contributed by atoms with Gasteiger partial charge in [-0.15, -0.1) is 0 Å². The Bertz CT molecular complexity index is 608. The number of nitrogens with one attached hydrogen (secondary N) is 1. The van der Waals surface area contributed by atoms with Gasteiger partial charge in [0.1, 0.15) is 23.7 Å². The molecule has 0 bridgehead atoms. The predicted molar refractivity (Wildman–Crippen MR) is 88.0 cm³/mol. The molecule has 0 aliphatic carbocycles. The number of piperazine rings is 1. The molecule has 1 fully saturated rings. The first-order chi connectivity index (χ1) is 10.7. The minimum atomic E-state index is 0.800. The standard InChI is InChI=1S/C16H21N5O/c1-20-7-9-21(10-8-20)16-11-15(17-12-18-16)19-13-3-5-14(22-2)6-4-13/h3-6,11-12H,7-10H2,1-2H3,(H,17,18,19). The van der Waals surface area contributed by atoms with Crippen molar-refractivity contribution in [3.63, 3.8) is 0 Å². The maximum atomic E-state index is 5.16. The second-order valence-electron chi connectivity index (χ2n) is 5.41. The number of ether oxygens (including phenoxy) is 1. The van der Waals surface area contributed by atoms with E-state index in [1.807, 2.05) is 30.3 Å². The third kappa shape index (κ3) is 3.46. The Balaban J connectivity index is 1.70. The van der Waals surface area contributed by atoms with Gasteiger partial charge >= 0.3 is 0 Å². The number of aromatic nitrogens is 2. The number of hydrogen-bond donors (Lipinski definition) is 1. The lowest BCUT2D eigenvalue weighted by Gasteiger charge is -2.33. The summed E-state index contributed by atoms with van der Waals surface area (Å²) in [5.41, 5.74) is 0.976. The molecule has 2 aromatic rings. The number of benzene rings is 1. The van der Waals surface area contributed by atoms with Crippen LogP contribution in [-0.2, 0) is 0 Å². The van der Waals surface area contributed by atoms with Crippen molar-refractivity contribution in [1.29, 1.82) is 0 Å². The second-order valence-corrected chi connectivity index (χ2v) is 5.41. The van der Waals surface area contributed by atoms with E-state index in [1.54, 1.807) is 13.4 Å². The van der Waals surface area contributed by atoms with Gasteiger partial charge in [-0.1, -0.05) is 0 Å². The molecule has 0 spiro atoms. The second kappa shape index (κ2) is 6.62. The average molecular weight is 299 g/mol. The number of hydrogen-bond acceptors (Lipinski definition) is 6. The first kappa shape index (κ1) is 14.6. The van der Waals surface area contributed by atoms with E-state index in [9.17, 15) is 0 Å². The van der Waals surface area contributed by atoms with Crippen molar-refractivity contribution in [1.82, 2.24) is 14.9 Å². The molecule has 0 amide bonds. The lowest BCUT2D eigenvalue weighted by Crippen LogP contribution is -2.44. The largest absolute Gasteiger partial charge is 0.497 e. The van der Waals surface area contributed by atoms with Crippen LogP contribution in [0.5, 0.6) is 5.75 Å². The summed E-state index contributed by atoms with van der Waals surface area (Å²) in [6.07, 6.45) is 1.61. The zero-order valence-corrected chi connectivity index (χ0v) is 13.0. The third-order valence-corrected chi connectivity index (χ3v) is 3.84. The fourth-order valence-electron chi connectivity index (χ4n) is 2.45. The number of rotatable bonds is 4. The molecule has 6 nitrogen and oxygen atoms in total. The fraction of sp³-hybridized carbons (Fsp3) is 0.375. The van der Waals surface area contributed by atoms with Crippen molar-refractivity contribution in [2.24, 2.45) is 0 Å². The molecule has 3 rings (SSSR count). The van der Waals surface area contributed by atoms with E-state index >= 15 is 0 Å². The van der Waals surface area contributed by atoms with E-state index in [-0.39, 0.29) is 0 Å². The highest BCUT2D eigenvalue weighted by atomic mass is 16.5. The summed E-state index contributed by atoms with van der Waals surface area (Å²) < 4.78 is 5.16. The Morgan fingerprint density at radius 2 is 1.77 bits per heavy atom. The zero-order valence-electron chi connectivity index (χ0n) is 13.0. The Kier molecular flexibility index (Phi) is 4.39. The van der Waals surface area contributed by atoms with Crippen LogP contribution in [-0.4, -0.2) is 55.2 Å². The summed E-state index contributed by atoms with van der Waals surface area (Å²) in [5, 5.41) is 3.30. The lowest BCUT2D eigenvalue weighted by molar-refractivity contribution is 0.312. The van der Waals surface area contributed by atoms with Crippen LogP contribution in [0.4, 0.5) is 17.3 Å². The highest BCUT2D eigenvalue weighted by Crippen LogP contribution is 2.21. The van der Waals surface area contributed by atoms with Gasteiger partial charge in [-0.05, 0) is 31.3 Å². The van der Waals surface area contributed by atoms with Crippen molar-refractivity contribution in [3.05, 3.63) is 36.7 Å². The van der Waals surface area contributed by atoms with Gasteiger partial charge in [0.2, 0.25) is 0 Å². The van der Waals surface area contributed by atoms with Gasteiger partial charge < -0.3 is 19.9 Å². The summed E-state index contributed by atoms with van der Waals surface area (Å²) in [6, 6.07) is 9.78. The molecule has 1 aromatic carbocycles. The molecule has 1 N–H and O–H groups in total. The molecule has 116 valence electrons. The van der Waals surface area contributed by atoms with Gasteiger partial charge in [0.15, 0.2) is 0 Å². The van der Waals surface area contributed by atoms with Crippen LogP contribution in [0.25, 0.3) is 0 Å². The molecule has 1 aromatic heterocycles. The summed E-state index contributed by atoms with van der Waals surface area (Å²) in [5.74, 6) is 2.61. The highest BCUT2D eigenvalue weighted by molar-refractivity contribution is 5.60. The summed E-state index contributed by atoms with van der Waals surface area (Å²) in [6.45, 7) is 4.11. The molecule has 22 heavy (non-hydrogen) atoms. The Morgan fingerprint density at radius 1 is 1.05 bits per heavy atom. The monoisotopic (exact) mass is 299 g/mol. The molecule has 6 heteroatoms. The van der Waals surface area contributed by atoms with Gasteiger partial charge in [0.05, 0.1) is 7.11 Å². The summed E-state index contributed by atoms with van der Waals surface area (Å²) in [4.78, 5) is 13.3. The molecular formula is C16H21N5O. The van der Waals surface area contributed by atoms with Crippen LogP contribution < -0.4 is 15.0 Å². The first-order valence-electron chi connectivity index (χ1n) is 7.41. The normalized spacial score (nSPS) is 15.6. The van der Waals surface area contributed by atoms with Crippen LogP contribution in [0.15, 0.2) is 36.7 Å². The van der Waals surface area contributed by atoms with E-state index < -0.39 is 0 Å². The van der Waals surface area contributed by atoms with Crippen LogP contribution in [0.1, 0.15) is 0 Å². The van der Waals surface area contributed by atoms with Crippen molar-refractivity contribution < 1.29 is 4.74 Å². The van der Waals surface area contributed by atoms with Gasteiger partial charge in [0.25, 0.3) is 0 Å². The number of anilines is 3. The Morgan fingerprint density at radius 3 is 2.45 bits per heavy atom. The lowest BCUT2D eigenvalue weighted by atomic mass is 10.3. The Labute approximate surface area is 130 Å². The van der Waals surface area contributed by atoms with Crippen LogP contribution in [0.2, 0.25) is 0 Å². The minimum Gasteiger partial charge on any atom is -0.497 e. The predicted octanol–water partition coefficient (Wildman–Crippen LogP) is 1.98. The van der Waals surface area contributed by atoms with Crippen molar-refractivity contribution in [2.75, 3.05) is 50.6 Å². The van der Waals surface area contributed by atoms with E-state index in [2.05, 4.69) is 32.1 Å². The molecule has 2 heterocycles. The molecule has 0 radical (unpaired) electrons. The van der Waals surface area contributed by atoms with Crippen LogP contribution in [0, 0.1) is 0 Å². The Hall–Kier alpha value is -2.34. The molecule has 0 saturated carbocycles. The minimum absolute atomic E-state index is 0.800. The van der Waals surface area contributed by atoms with Crippen molar-refractivity contribution in [2.45, 2.75) is 0 Å². The first-order valence-corrected chi connectivity index (χ1v) is 7.41. The quantitative estimate of drug-likeness (QED) is 0.931. The zero-order chi connectivity index (χ0) is 15.4. The van der Waals surface area contributed by atoms with E-state index in [4.69, 9.17) is 4.74 Å². The van der Waals surface area contributed by atoms with Crippen LogP contribution >= 0.6 is 0 Å². The van der Waals surface area contributed by atoms with Gasteiger partial charge in [-0.2, -0.15) is 0 Å². The van der Waals surface area contributed by atoms with E-state index in [0.29, 0.717) is 0 Å². The highest BCUT2D eigenvalue weighted by Gasteiger charge is 2.15. The van der Waals surface area contributed by atoms with E-state index in [1.165, 1.54) is 0 Å². The molecular weight excluding hydrogens is 278 g/mol. The van der Waals surface area contributed by atoms with Gasteiger partial charge in [-0.25, -0.2) is 9.97 Å². The SMILES string of the molecule is COc1ccc(Nc2cc(N3CCN(C)CC3)ncn2)cc1. The van der Waals surface area contributed by atoms with Crippen LogP contribution in [0.3, 0.4) is 0 Å². The smallest absolute Gasteiger partial charge is 0.135 e. The van der Waals surface area contributed by atoms with Crippen molar-refractivity contribution in [3.8, 4) is 5.75 Å². The maximum Gasteiger partial charge on any atom is 0.135 e. The summed E-state index contributed by atoms with van der Waals surface area (Å²) >= 11 is 0. The number of likely N-dealkylation sites (N-methyl/N-ethyl adjacent to an activating group) is 1. The maximum absolute atomic E-state index is 5.16. The number of nitrogens with zero attached hydrogens (tertiary/aromatic N) is 4. The molecule has 1 aliphatic heterocycles. The van der Waals surface area contributed by atoms with Gasteiger partial charge in [0, 0.05) is 37.9 Å². The topological polar surface area (TPSA) is 53.5 Å². The molecule has 0 unspecified atom stereocenters. The molecule has 0 atom stereocenters. The third-order valence-electron chi connectivity index (χ3n) is 3.84. The van der Waals surface area contributed by atoms with Crippen molar-refractivity contribution >= 4 is 17.3 Å². The van der Waals surface area contributed by atoms with Gasteiger partial charge in [-0.3, -0.25) is 0 Å². The molecule has 1 saturated heterocycles. The average Bonchev–Trinajstić information content (AvgIpc) is 2.56. The molecule has 1 aliphatic rings. The number of methoxy groups -OCH3 is 1. The summed E-state index contributed by atoms with van der Waals surface area (Å²) in [7, 11) is 3.81. The van der Waals surface area contributed by atoms with E-state index in [0.717, 1.165) is 49.3 Å². The fourth-order valence-corrected chi connectivity index (χ4v) is 2.45.